The Kier molecular flexibility index (Phi) is 3.41. The number of benzene rings is 1. The SMILES string of the molecule is CC(C)(O)c1cc(S(=N)(N)=O)nn1-c1ccc(F)cc1. The lowest BCUT2D eigenvalue weighted by molar-refractivity contribution is 0.0711. The quantitative estimate of drug-likeness (QED) is 0.800. The van der Waals surface area contributed by atoms with Crippen LogP contribution in [0.15, 0.2) is 35.4 Å². The van der Waals surface area contributed by atoms with Gasteiger partial charge in [0.25, 0.3) is 0 Å². The molecular formula is C12H15FN4O2S. The molecule has 0 amide bonds. The standard InChI is InChI=1S/C12H15FN4O2S/c1-12(2,18)10-7-11(20(14,15)19)16-17(10)9-5-3-8(13)4-6-9/h3-7,18H,1-2H3,(H3,14,15,19). The topological polar surface area (TPSA) is 105 Å². The van der Waals surface area contributed by atoms with Crippen molar-refractivity contribution >= 4 is 9.92 Å². The Labute approximate surface area is 116 Å². The molecule has 1 aromatic heterocycles. The van der Waals surface area contributed by atoms with Gasteiger partial charge in [0.2, 0.25) is 0 Å². The van der Waals surface area contributed by atoms with Crippen molar-refractivity contribution in [2.45, 2.75) is 24.5 Å². The first-order chi connectivity index (χ1) is 9.09. The Hall–Kier alpha value is -1.77. The van der Waals surface area contributed by atoms with Crippen molar-refractivity contribution < 1.29 is 13.7 Å². The van der Waals surface area contributed by atoms with Gasteiger partial charge in [0.05, 0.1) is 11.4 Å². The van der Waals surface area contributed by atoms with Gasteiger partial charge in [-0.2, -0.15) is 5.10 Å². The minimum absolute atomic E-state index is 0.140. The van der Waals surface area contributed by atoms with Crippen molar-refractivity contribution in [3.05, 3.63) is 41.8 Å². The third-order valence-corrected chi connectivity index (χ3v) is 3.52. The smallest absolute Gasteiger partial charge is 0.172 e. The molecule has 0 fully saturated rings. The molecular weight excluding hydrogens is 283 g/mol. The lowest BCUT2D eigenvalue weighted by Gasteiger charge is -2.18. The average molecular weight is 298 g/mol. The molecule has 0 aliphatic rings. The van der Waals surface area contributed by atoms with E-state index in [9.17, 15) is 13.7 Å². The zero-order chi connectivity index (χ0) is 15.1. The van der Waals surface area contributed by atoms with E-state index >= 15 is 0 Å². The summed E-state index contributed by atoms with van der Waals surface area (Å²) in [7, 11) is -3.50. The zero-order valence-corrected chi connectivity index (χ0v) is 11.8. The van der Waals surface area contributed by atoms with Crippen LogP contribution in [0.4, 0.5) is 4.39 Å². The van der Waals surface area contributed by atoms with Crippen LogP contribution in [0.2, 0.25) is 0 Å². The largest absolute Gasteiger partial charge is 0.384 e. The van der Waals surface area contributed by atoms with E-state index < -0.39 is 21.3 Å². The highest BCUT2D eigenvalue weighted by Crippen LogP contribution is 2.25. The maximum absolute atomic E-state index is 13.0. The Morgan fingerprint density at radius 1 is 1.40 bits per heavy atom. The fourth-order valence-corrected chi connectivity index (χ4v) is 2.21. The van der Waals surface area contributed by atoms with Crippen molar-refractivity contribution in [1.82, 2.24) is 9.78 Å². The van der Waals surface area contributed by atoms with Gasteiger partial charge in [-0.1, -0.05) is 0 Å². The molecule has 6 nitrogen and oxygen atoms in total. The van der Waals surface area contributed by atoms with Gasteiger partial charge in [-0.25, -0.2) is 23.2 Å². The van der Waals surface area contributed by atoms with Crippen molar-refractivity contribution in [2.24, 2.45) is 5.14 Å². The molecule has 2 rings (SSSR count). The molecule has 2 aromatic rings. The number of nitrogens with one attached hydrogen (secondary N) is 1. The Balaban J connectivity index is 2.68. The van der Waals surface area contributed by atoms with Gasteiger partial charge in [-0.15, -0.1) is 0 Å². The summed E-state index contributed by atoms with van der Waals surface area (Å²) in [5, 5.41) is 19.3. The summed E-state index contributed by atoms with van der Waals surface area (Å²) in [6.45, 7) is 3.05. The van der Waals surface area contributed by atoms with Gasteiger partial charge >= 0.3 is 0 Å². The van der Waals surface area contributed by atoms with E-state index in [-0.39, 0.29) is 5.03 Å². The highest BCUT2D eigenvalue weighted by Gasteiger charge is 2.25. The molecule has 0 aliphatic heterocycles. The van der Waals surface area contributed by atoms with E-state index in [0.717, 1.165) is 0 Å². The second-order valence-corrected chi connectivity index (χ2v) is 6.54. The molecule has 0 bridgehead atoms. The van der Waals surface area contributed by atoms with Gasteiger partial charge < -0.3 is 5.11 Å². The normalized spacial score (nSPS) is 15.1. The summed E-state index contributed by atoms with van der Waals surface area (Å²) >= 11 is 0. The Bertz CT molecular complexity index is 730. The lowest BCUT2D eigenvalue weighted by atomic mass is 10.1. The minimum Gasteiger partial charge on any atom is -0.384 e. The third kappa shape index (κ3) is 2.87. The molecule has 1 heterocycles. The van der Waals surface area contributed by atoms with Gasteiger partial charge in [0.15, 0.2) is 14.9 Å². The van der Waals surface area contributed by atoms with Gasteiger partial charge in [0.1, 0.15) is 11.4 Å². The predicted octanol–water partition coefficient (Wildman–Crippen LogP) is 1.52. The van der Waals surface area contributed by atoms with Crippen LogP contribution in [-0.2, 0) is 15.5 Å². The number of nitrogens with zero attached hydrogens (tertiary/aromatic N) is 2. The molecule has 8 heteroatoms. The summed E-state index contributed by atoms with van der Waals surface area (Å²) in [4.78, 5) is 0. The van der Waals surface area contributed by atoms with Gasteiger partial charge in [0, 0.05) is 6.07 Å². The number of hydrogen-bond acceptors (Lipinski definition) is 4. The average Bonchev–Trinajstić information content (AvgIpc) is 2.74. The maximum Gasteiger partial charge on any atom is 0.172 e. The van der Waals surface area contributed by atoms with Crippen molar-refractivity contribution in [1.29, 1.82) is 4.78 Å². The van der Waals surface area contributed by atoms with Crippen LogP contribution in [0.1, 0.15) is 19.5 Å². The number of nitrogens with two attached hydrogens (primary N) is 1. The first-order valence-electron chi connectivity index (χ1n) is 5.74. The predicted molar refractivity (Wildman–Crippen MR) is 72.1 cm³/mol. The van der Waals surface area contributed by atoms with Crippen molar-refractivity contribution in [2.75, 3.05) is 0 Å². The summed E-state index contributed by atoms with van der Waals surface area (Å²) in [5.74, 6) is -0.408. The van der Waals surface area contributed by atoms with Crippen molar-refractivity contribution in [3.63, 3.8) is 0 Å². The van der Waals surface area contributed by atoms with Crippen LogP contribution in [0.5, 0.6) is 0 Å². The van der Waals surface area contributed by atoms with E-state index in [2.05, 4.69) is 5.10 Å². The first-order valence-corrected chi connectivity index (χ1v) is 7.36. The molecule has 0 saturated carbocycles. The molecule has 20 heavy (non-hydrogen) atoms. The molecule has 0 aliphatic carbocycles. The number of hydrogen-bond donors (Lipinski definition) is 3. The second-order valence-electron chi connectivity index (χ2n) is 4.92. The molecule has 0 spiro atoms. The van der Waals surface area contributed by atoms with Gasteiger partial charge in [-0.3, -0.25) is 0 Å². The van der Waals surface area contributed by atoms with E-state index in [1.807, 2.05) is 0 Å². The molecule has 1 atom stereocenters. The minimum atomic E-state index is -3.50. The summed E-state index contributed by atoms with van der Waals surface area (Å²) < 4.78 is 33.2. The third-order valence-electron chi connectivity index (χ3n) is 2.70. The molecule has 4 N–H and O–H groups in total. The molecule has 0 saturated heterocycles. The lowest BCUT2D eigenvalue weighted by Crippen LogP contribution is -2.20. The summed E-state index contributed by atoms with van der Waals surface area (Å²) in [6, 6.07) is 6.72. The van der Waals surface area contributed by atoms with E-state index in [1.54, 1.807) is 0 Å². The number of halogens is 1. The van der Waals surface area contributed by atoms with Crippen LogP contribution in [0, 0.1) is 10.6 Å². The van der Waals surface area contributed by atoms with Crippen molar-refractivity contribution in [3.8, 4) is 5.69 Å². The number of aliphatic hydroxyl groups is 1. The molecule has 0 radical (unpaired) electrons. The van der Waals surface area contributed by atoms with Crippen LogP contribution >= 0.6 is 0 Å². The summed E-state index contributed by atoms with van der Waals surface area (Å²) in [6.07, 6.45) is 0. The first kappa shape index (κ1) is 14.6. The maximum atomic E-state index is 13.0. The van der Waals surface area contributed by atoms with Crippen LogP contribution in [0.3, 0.4) is 0 Å². The Morgan fingerprint density at radius 3 is 2.40 bits per heavy atom. The molecule has 108 valence electrons. The summed E-state index contributed by atoms with van der Waals surface area (Å²) in [5.41, 5.74) is -0.507. The highest BCUT2D eigenvalue weighted by atomic mass is 32.2. The number of aromatic nitrogens is 2. The number of rotatable bonds is 3. The molecule has 1 aromatic carbocycles. The Morgan fingerprint density at radius 2 is 1.95 bits per heavy atom. The van der Waals surface area contributed by atoms with E-state index in [4.69, 9.17) is 9.92 Å². The van der Waals surface area contributed by atoms with Crippen LogP contribution in [-0.4, -0.2) is 19.1 Å². The van der Waals surface area contributed by atoms with E-state index in [0.29, 0.717) is 11.4 Å². The van der Waals surface area contributed by atoms with Crippen LogP contribution in [0.25, 0.3) is 5.69 Å². The fourth-order valence-electron chi connectivity index (χ4n) is 1.72. The zero-order valence-electron chi connectivity index (χ0n) is 11.0. The second kappa shape index (κ2) is 4.65. The van der Waals surface area contributed by atoms with E-state index in [1.165, 1.54) is 48.9 Å². The monoisotopic (exact) mass is 298 g/mol. The molecule has 1 unspecified atom stereocenters. The fraction of sp³-hybridized carbons (Fsp3) is 0.250. The highest BCUT2D eigenvalue weighted by molar-refractivity contribution is 7.90. The van der Waals surface area contributed by atoms with Crippen LogP contribution < -0.4 is 5.14 Å². The van der Waals surface area contributed by atoms with Gasteiger partial charge in [-0.05, 0) is 38.1 Å².